The maximum Gasteiger partial charge on any atom is 0.322 e. The first-order valence-electron chi connectivity index (χ1n) is 5.88. The minimum Gasteiger partial charge on any atom is -0.396 e. The molecular formula is C13H20N2O2. The normalized spacial score (nSPS) is 10.4. The quantitative estimate of drug-likeness (QED) is 0.824. The number of hydrogen-bond donors (Lipinski definition) is 2. The zero-order chi connectivity index (χ0) is 12.7. The lowest BCUT2D eigenvalue weighted by molar-refractivity contribution is 0.186. The average Bonchev–Trinajstić information content (AvgIpc) is 2.30. The number of hydrogen-bond acceptors (Lipinski definition) is 2. The Morgan fingerprint density at radius 3 is 2.53 bits per heavy atom. The standard InChI is InChI=1S/C13H20N2O2/c1-11(2)15(9-6-10-16)13(17)14-12-7-4-3-5-8-12/h3-5,7-8,11,16H,6,9-10H2,1-2H3,(H,14,17). The smallest absolute Gasteiger partial charge is 0.322 e. The minimum atomic E-state index is -0.125. The number of aliphatic hydroxyl groups is 1. The van der Waals surface area contributed by atoms with Crippen LogP contribution < -0.4 is 5.32 Å². The molecule has 2 N–H and O–H groups in total. The molecule has 0 aliphatic rings. The number of rotatable bonds is 5. The SMILES string of the molecule is CC(C)N(CCCO)C(=O)Nc1ccccc1. The summed E-state index contributed by atoms with van der Waals surface area (Å²) in [4.78, 5) is 13.7. The zero-order valence-electron chi connectivity index (χ0n) is 10.4. The Morgan fingerprint density at radius 1 is 1.35 bits per heavy atom. The molecule has 0 unspecified atom stereocenters. The van der Waals surface area contributed by atoms with Crippen molar-refractivity contribution >= 4 is 11.7 Å². The van der Waals surface area contributed by atoms with E-state index in [1.165, 1.54) is 0 Å². The van der Waals surface area contributed by atoms with Crippen molar-refractivity contribution in [2.45, 2.75) is 26.3 Å². The number of anilines is 1. The largest absolute Gasteiger partial charge is 0.396 e. The van der Waals surface area contributed by atoms with Gasteiger partial charge in [0.05, 0.1) is 0 Å². The average molecular weight is 236 g/mol. The molecule has 0 heterocycles. The van der Waals surface area contributed by atoms with Crippen molar-refractivity contribution < 1.29 is 9.90 Å². The van der Waals surface area contributed by atoms with Crippen LogP contribution in [-0.4, -0.2) is 35.2 Å². The zero-order valence-corrected chi connectivity index (χ0v) is 10.4. The summed E-state index contributed by atoms with van der Waals surface area (Å²) in [6.45, 7) is 4.58. The molecule has 0 bridgehead atoms. The number of carbonyl (C=O) groups is 1. The first kappa shape index (κ1) is 13.5. The van der Waals surface area contributed by atoms with Gasteiger partial charge in [0.2, 0.25) is 0 Å². The van der Waals surface area contributed by atoms with Gasteiger partial charge >= 0.3 is 6.03 Å². The molecule has 0 aliphatic heterocycles. The van der Waals surface area contributed by atoms with Crippen LogP contribution in [-0.2, 0) is 0 Å². The van der Waals surface area contributed by atoms with E-state index in [1.807, 2.05) is 44.2 Å². The molecule has 1 aromatic carbocycles. The second kappa shape index (κ2) is 6.91. The number of urea groups is 1. The Hall–Kier alpha value is -1.55. The molecule has 0 saturated carbocycles. The predicted molar refractivity (Wildman–Crippen MR) is 69.0 cm³/mol. The van der Waals surface area contributed by atoms with E-state index in [4.69, 9.17) is 5.11 Å². The third-order valence-corrected chi connectivity index (χ3v) is 2.47. The molecule has 0 aliphatic carbocycles. The van der Waals surface area contributed by atoms with Gasteiger partial charge in [-0.05, 0) is 32.4 Å². The number of benzene rings is 1. The van der Waals surface area contributed by atoms with Crippen LogP contribution in [0.2, 0.25) is 0 Å². The highest BCUT2D eigenvalue weighted by molar-refractivity contribution is 5.89. The van der Waals surface area contributed by atoms with Crippen LogP contribution in [0.25, 0.3) is 0 Å². The Labute approximate surface area is 102 Å². The van der Waals surface area contributed by atoms with E-state index in [1.54, 1.807) is 4.90 Å². The molecule has 1 aromatic rings. The number of para-hydroxylation sites is 1. The molecule has 17 heavy (non-hydrogen) atoms. The van der Waals surface area contributed by atoms with Crippen LogP contribution in [0.4, 0.5) is 10.5 Å². The summed E-state index contributed by atoms with van der Waals surface area (Å²) >= 11 is 0. The molecule has 1 rings (SSSR count). The van der Waals surface area contributed by atoms with Crippen LogP contribution in [0.5, 0.6) is 0 Å². The third kappa shape index (κ3) is 4.44. The Kier molecular flexibility index (Phi) is 5.49. The first-order chi connectivity index (χ1) is 8.15. The predicted octanol–water partition coefficient (Wildman–Crippen LogP) is 2.31. The lowest BCUT2D eigenvalue weighted by Crippen LogP contribution is -2.40. The van der Waals surface area contributed by atoms with E-state index in [9.17, 15) is 4.79 Å². The summed E-state index contributed by atoms with van der Waals surface area (Å²) in [5, 5.41) is 11.6. The van der Waals surface area contributed by atoms with Gasteiger partial charge in [0.15, 0.2) is 0 Å². The van der Waals surface area contributed by atoms with E-state index in [0.717, 1.165) is 5.69 Å². The number of carbonyl (C=O) groups excluding carboxylic acids is 1. The number of aliphatic hydroxyl groups excluding tert-OH is 1. The molecule has 0 fully saturated rings. The fraction of sp³-hybridized carbons (Fsp3) is 0.462. The van der Waals surface area contributed by atoms with Gasteiger partial charge in [-0.3, -0.25) is 0 Å². The van der Waals surface area contributed by atoms with Crippen LogP contribution in [0.1, 0.15) is 20.3 Å². The lowest BCUT2D eigenvalue weighted by atomic mass is 10.3. The van der Waals surface area contributed by atoms with Crippen LogP contribution in [0, 0.1) is 0 Å². The molecule has 94 valence electrons. The topological polar surface area (TPSA) is 52.6 Å². The number of nitrogens with zero attached hydrogens (tertiary/aromatic N) is 1. The fourth-order valence-corrected chi connectivity index (χ4v) is 1.55. The molecule has 4 nitrogen and oxygen atoms in total. The van der Waals surface area contributed by atoms with E-state index >= 15 is 0 Å². The van der Waals surface area contributed by atoms with Gasteiger partial charge in [-0.2, -0.15) is 0 Å². The van der Waals surface area contributed by atoms with E-state index < -0.39 is 0 Å². The number of amides is 2. The minimum absolute atomic E-state index is 0.0990. The maximum absolute atomic E-state index is 12.0. The second-order valence-electron chi connectivity index (χ2n) is 4.16. The van der Waals surface area contributed by atoms with Crippen molar-refractivity contribution in [2.24, 2.45) is 0 Å². The fourth-order valence-electron chi connectivity index (χ4n) is 1.55. The third-order valence-electron chi connectivity index (χ3n) is 2.47. The Morgan fingerprint density at radius 2 is 2.00 bits per heavy atom. The lowest BCUT2D eigenvalue weighted by Gasteiger charge is -2.26. The van der Waals surface area contributed by atoms with E-state index in [-0.39, 0.29) is 18.7 Å². The van der Waals surface area contributed by atoms with Gasteiger partial charge in [-0.15, -0.1) is 0 Å². The maximum atomic E-state index is 12.0. The van der Waals surface area contributed by atoms with E-state index in [2.05, 4.69) is 5.32 Å². The second-order valence-corrected chi connectivity index (χ2v) is 4.16. The van der Waals surface area contributed by atoms with Crippen LogP contribution in [0.15, 0.2) is 30.3 Å². The first-order valence-corrected chi connectivity index (χ1v) is 5.88. The van der Waals surface area contributed by atoms with Gasteiger partial charge in [-0.25, -0.2) is 4.79 Å². The highest BCUT2D eigenvalue weighted by Gasteiger charge is 2.15. The van der Waals surface area contributed by atoms with Crippen molar-refractivity contribution in [3.05, 3.63) is 30.3 Å². The summed E-state index contributed by atoms with van der Waals surface area (Å²) in [7, 11) is 0. The van der Waals surface area contributed by atoms with Crippen molar-refractivity contribution in [3.63, 3.8) is 0 Å². The number of nitrogens with one attached hydrogen (secondary N) is 1. The molecule has 0 saturated heterocycles. The van der Waals surface area contributed by atoms with Crippen molar-refractivity contribution in [1.82, 2.24) is 4.90 Å². The molecule has 0 radical (unpaired) electrons. The molecule has 2 amide bonds. The van der Waals surface area contributed by atoms with Crippen molar-refractivity contribution in [1.29, 1.82) is 0 Å². The van der Waals surface area contributed by atoms with Crippen LogP contribution in [0.3, 0.4) is 0 Å². The molecule has 0 spiro atoms. The van der Waals surface area contributed by atoms with Gasteiger partial charge < -0.3 is 15.3 Å². The van der Waals surface area contributed by atoms with Crippen molar-refractivity contribution in [2.75, 3.05) is 18.5 Å². The van der Waals surface area contributed by atoms with Gasteiger partial charge in [0, 0.05) is 24.9 Å². The van der Waals surface area contributed by atoms with Gasteiger partial charge in [0.1, 0.15) is 0 Å². The summed E-state index contributed by atoms with van der Waals surface area (Å²) in [6, 6.07) is 9.35. The molecule has 4 heteroatoms. The van der Waals surface area contributed by atoms with Gasteiger partial charge in [-0.1, -0.05) is 18.2 Å². The summed E-state index contributed by atoms with van der Waals surface area (Å²) in [5.74, 6) is 0. The van der Waals surface area contributed by atoms with Crippen LogP contribution >= 0.6 is 0 Å². The molecule has 0 aromatic heterocycles. The monoisotopic (exact) mass is 236 g/mol. The Balaban J connectivity index is 2.59. The highest BCUT2D eigenvalue weighted by Crippen LogP contribution is 2.08. The summed E-state index contributed by atoms with van der Waals surface area (Å²) in [6.07, 6.45) is 0.598. The van der Waals surface area contributed by atoms with Gasteiger partial charge in [0.25, 0.3) is 0 Å². The summed E-state index contributed by atoms with van der Waals surface area (Å²) < 4.78 is 0. The highest BCUT2D eigenvalue weighted by atomic mass is 16.3. The summed E-state index contributed by atoms with van der Waals surface area (Å²) in [5.41, 5.74) is 0.784. The van der Waals surface area contributed by atoms with E-state index in [0.29, 0.717) is 13.0 Å². The molecule has 0 atom stereocenters. The molecular weight excluding hydrogens is 216 g/mol. The Bertz CT molecular complexity index is 339. The van der Waals surface area contributed by atoms with Crippen molar-refractivity contribution in [3.8, 4) is 0 Å².